The molecule has 1 aliphatic rings. The molecule has 0 amide bonds. The average molecular weight is 350 g/mol. The normalized spacial score (nSPS) is 19.0. The van der Waals surface area contributed by atoms with E-state index in [-0.39, 0.29) is 11.9 Å². The first kappa shape index (κ1) is 17.3. The first-order valence-electron chi connectivity index (χ1n) is 7.84. The predicted octanol–water partition coefficient (Wildman–Crippen LogP) is 4.19. The minimum absolute atomic E-state index is 0.251. The summed E-state index contributed by atoms with van der Waals surface area (Å²) >= 11 is 0. The molecule has 1 heterocycles. The number of halogens is 3. The Hall–Kier alpha value is -2.54. The van der Waals surface area contributed by atoms with Crippen LogP contribution in [0.2, 0.25) is 0 Å². The third kappa shape index (κ3) is 5.22. The Morgan fingerprint density at radius 2 is 1.80 bits per heavy atom. The van der Waals surface area contributed by atoms with E-state index in [2.05, 4.69) is 15.2 Å². The summed E-state index contributed by atoms with van der Waals surface area (Å²) in [5.74, 6) is 0.482. The highest BCUT2D eigenvalue weighted by Gasteiger charge is 2.31. The molecule has 0 bridgehead atoms. The number of hydrogen-bond donors (Lipinski definition) is 1. The van der Waals surface area contributed by atoms with E-state index < -0.39 is 6.36 Å². The first-order chi connectivity index (χ1) is 12.0. The van der Waals surface area contributed by atoms with Crippen LogP contribution in [0.15, 0.2) is 59.6 Å². The van der Waals surface area contributed by atoms with Crippen LogP contribution in [-0.2, 0) is 11.3 Å². The Balaban J connectivity index is 1.53. The van der Waals surface area contributed by atoms with Crippen molar-refractivity contribution in [3.63, 3.8) is 0 Å². The molecule has 2 aromatic carbocycles. The van der Waals surface area contributed by atoms with Gasteiger partial charge in [-0.1, -0.05) is 42.5 Å². The van der Waals surface area contributed by atoms with Crippen LogP contribution in [-0.4, -0.2) is 18.7 Å². The lowest BCUT2D eigenvalue weighted by Gasteiger charge is -2.11. The molecule has 1 N–H and O–H groups in total. The molecule has 3 rings (SSSR count). The monoisotopic (exact) mass is 350 g/mol. The lowest BCUT2D eigenvalue weighted by Crippen LogP contribution is -2.17. The summed E-state index contributed by atoms with van der Waals surface area (Å²) in [6.07, 6.45) is -3.59. The summed E-state index contributed by atoms with van der Waals surface area (Å²) in [5.41, 5.74) is 4.75. The molecule has 0 spiro atoms. The van der Waals surface area contributed by atoms with Gasteiger partial charge in [0, 0.05) is 13.0 Å². The summed E-state index contributed by atoms with van der Waals surface area (Å²) in [7, 11) is 0. The number of nitrogens with one attached hydrogen (secondary N) is 1. The van der Waals surface area contributed by atoms with Gasteiger partial charge in [-0.15, -0.1) is 13.2 Å². The standard InChI is InChI=1S/C18H17F3N2O2/c19-18(20,21)24-15-8-6-14(7-9-15)16-12-17(23-25-16)22-11-10-13-4-2-1-3-5-13/h1-9,16H,10-12H2,(H,22,23). The summed E-state index contributed by atoms with van der Waals surface area (Å²) in [5, 5.41) is 0. The molecule has 1 unspecified atom stereocenters. The van der Waals surface area contributed by atoms with Crippen molar-refractivity contribution in [3.05, 3.63) is 65.7 Å². The second-order valence-corrected chi connectivity index (χ2v) is 5.59. The minimum atomic E-state index is -4.69. The highest BCUT2D eigenvalue weighted by molar-refractivity contribution is 5.83. The topological polar surface area (TPSA) is 42.8 Å². The zero-order valence-electron chi connectivity index (χ0n) is 13.3. The SMILES string of the molecule is FC(F)(F)Oc1ccc(C2CC(=NCCc3ccccc3)NO2)cc1. The largest absolute Gasteiger partial charge is 0.573 e. The van der Waals surface area contributed by atoms with Gasteiger partial charge >= 0.3 is 6.36 Å². The van der Waals surface area contributed by atoms with E-state index >= 15 is 0 Å². The third-order valence-corrected chi connectivity index (χ3v) is 3.73. The number of rotatable bonds is 5. The van der Waals surface area contributed by atoms with Crippen LogP contribution in [0, 0.1) is 0 Å². The number of hydrogen-bond acceptors (Lipinski definition) is 3. The van der Waals surface area contributed by atoms with Crippen LogP contribution in [0.5, 0.6) is 5.75 Å². The lowest BCUT2D eigenvalue weighted by molar-refractivity contribution is -0.274. The number of aliphatic imine (C=N–C) groups is 1. The van der Waals surface area contributed by atoms with E-state index in [1.807, 2.05) is 30.3 Å². The van der Waals surface area contributed by atoms with E-state index in [4.69, 9.17) is 4.84 Å². The average Bonchev–Trinajstić information content (AvgIpc) is 3.04. The maximum absolute atomic E-state index is 12.2. The smallest absolute Gasteiger partial charge is 0.406 e. The zero-order chi connectivity index (χ0) is 17.7. The van der Waals surface area contributed by atoms with Gasteiger partial charge < -0.3 is 4.74 Å². The summed E-state index contributed by atoms with van der Waals surface area (Å²) < 4.78 is 40.3. The van der Waals surface area contributed by atoms with Crippen molar-refractivity contribution in [1.29, 1.82) is 0 Å². The number of benzene rings is 2. The number of nitrogens with zero attached hydrogens (tertiary/aromatic N) is 1. The van der Waals surface area contributed by atoms with Crippen molar-refractivity contribution in [3.8, 4) is 5.75 Å². The van der Waals surface area contributed by atoms with Crippen molar-refractivity contribution in [1.82, 2.24) is 5.48 Å². The van der Waals surface area contributed by atoms with E-state index in [0.717, 1.165) is 17.8 Å². The summed E-state index contributed by atoms with van der Waals surface area (Å²) in [6, 6.07) is 15.7. The van der Waals surface area contributed by atoms with Gasteiger partial charge in [-0.2, -0.15) is 0 Å². The Bertz CT molecular complexity index is 715. The van der Waals surface area contributed by atoms with Crippen LogP contribution in [0.3, 0.4) is 0 Å². The zero-order valence-corrected chi connectivity index (χ0v) is 13.3. The molecule has 7 heteroatoms. The summed E-state index contributed by atoms with van der Waals surface area (Å²) in [6.45, 7) is 0.640. The van der Waals surface area contributed by atoms with E-state index in [0.29, 0.717) is 13.0 Å². The van der Waals surface area contributed by atoms with Crippen LogP contribution in [0.4, 0.5) is 13.2 Å². The fourth-order valence-corrected chi connectivity index (χ4v) is 2.53. The Kier molecular flexibility index (Phi) is 5.23. The molecular formula is C18H17F3N2O2. The maximum atomic E-state index is 12.2. The summed E-state index contributed by atoms with van der Waals surface area (Å²) in [4.78, 5) is 9.92. The maximum Gasteiger partial charge on any atom is 0.573 e. The van der Waals surface area contributed by atoms with Crippen LogP contribution < -0.4 is 10.2 Å². The molecule has 4 nitrogen and oxygen atoms in total. The quantitative estimate of drug-likeness (QED) is 0.879. The molecule has 1 fully saturated rings. The fraction of sp³-hybridized carbons (Fsp3) is 0.278. The van der Waals surface area contributed by atoms with Crippen molar-refractivity contribution >= 4 is 5.84 Å². The van der Waals surface area contributed by atoms with Gasteiger partial charge in [0.05, 0.1) is 0 Å². The molecule has 1 atom stereocenters. The van der Waals surface area contributed by atoms with Gasteiger partial charge in [0.15, 0.2) is 0 Å². The lowest BCUT2D eigenvalue weighted by atomic mass is 10.1. The molecule has 0 aromatic heterocycles. The van der Waals surface area contributed by atoms with E-state index in [1.54, 1.807) is 12.1 Å². The molecular weight excluding hydrogens is 333 g/mol. The molecule has 0 aliphatic carbocycles. The molecule has 25 heavy (non-hydrogen) atoms. The van der Waals surface area contributed by atoms with E-state index in [9.17, 15) is 13.2 Å². The van der Waals surface area contributed by atoms with Crippen LogP contribution in [0.1, 0.15) is 23.7 Å². The highest BCUT2D eigenvalue weighted by Crippen LogP contribution is 2.28. The minimum Gasteiger partial charge on any atom is -0.406 e. The Morgan fingerprint density at radius 3 is 2.48 bits per heavy atom. The molecule has 1 aliphatic heterocycles. The van der Waals surface area contributed by atoms with Gasteiger partial charge in [-0.25, -0.2) is 0 Å². The van der Waals surface area contributed by atoms with Crippen molar-refractivity contribution in [2.75, 3.05) is 6.54 Å². The van der Waals surface area contributed by atoms with Gasteiger partial charge in [0.2, 0.25) is 0 Å². The number of ether oxygens (including phenoxy) is 1. The van der Waals surface area contributed by atoms with Gasteiger partial charge in [0.25, 0.3) is 0 Å². The molecule has 0 radical (unpaired) electrons. The second kappa shape index (κ2) is 7.57. The third-order valence-electron chi connectivity index (χ3n) is 3.73. The van der Waals surface area contributed by atoms with Crippen LogP contribution >= 0.6 is 0 Å². The van der Waals surface area contributed by atoms with Gasteiger partial charge in [-0.05, 0) is 29.7 Å². The number of hydroxylamine groups is 1. The number of alkyl halides is 3. The molecule has 0 saturated carbocycles. The predicted molar refractivity (Wildman–Crippen MR) is 87.2 cm³/mol. The number of amidine groups is 1. The second-order valence-electron chi connectivity index (χ2n) is 5.59. The molecule has 2 aromatic rings. The van der Waals surface area contributed by atoms with Crippen molar-refractivity contribution < 1.29 is 22.7 Å². The van der Waals surface area contributed by atoms with E-state index in [1.165, 1.54) is 17.7 Å². The van der Waals surface area contributed by atoms with Crippen LogP contribution in [0.25, 0.3) is 0 Å². The fourth-order valence-electron chi connectivity index (χ4n) is 2.53. The van der Waals surface area contributed by atoms with Gasteiger partial charge in [0.1, 0.15) is 17.7 Å². The first-order valence-corrected chi connectivity index (χ1v) is 7.84. The Morgan fingerprint density at radius 1 is 1.08 bits per heavy atom. The van der Waals surface area contributed by atoms with Crippen molar-refractivity contribution in [2.24, 2.45) is 4.99 Å². The highest BCUT2D eigenvalue weighted by atomic mass is 19.4. The molecule has 132 valence electrons. The van der Waals surface area contributed by atoms with Gasteiger partial charge in [-0.3, -0.25) is 15.3 Å². The van der Waals surface area contributed by atoms with Crippen molar-refractivity contribution in [2.45, 2.75) is 25.3 Å². The Labute approximate surface area is 143 Å². The molecule has 1 saturated heterocycles.